The number of aliphatic hydroxyl groups is 1. The second kappa shape index (κ2) is 14.5. The zero-order valence-corrected chi connectivity index (χ0v) is 28.4. The number of halogens is 2. The number of alkyl halides is 2. The van der Waals surface area contributed by atoms with Crippen molar-refractivity contribution in [2.75, 3.05) is 39.4 Å². The van der Waals surface area contributed by atoms with Gasteiger partial charge in [-0.05, 0) is 64.5 Å². The minimum absolute atomic E-state index is 0.0775. The van der Waals surface area contributed by atoms with Crippen molar-refractivity contribution in [1.29, 1.82) is 0 Å². The van der Waals surface area contributed by atoms with Crippen LogP contribution in [0.1, 0.15) is 59.8 Å². The second-order valence-corrected chi connectivity index (χ2v) is 15.0. The van der Waals surface area contributed by atoms with Crippen LogP contribution >= 0.6 is 0 Å². The summed E-state index contributed by atoms with van der Waals surface area (Å²) in [6.45, 7) is 14.3. The first kappa shape index (κ1) is 34.9. The van der Waals surface area contributed by atoms with Crippen molar-refractivity contribution in [1.82, 2.24) is 30.7 Å². The Morgan fingerprint density at radius 1 is 1.17 bits per heavy atom. The van der Waals surface area contributed by atoms with Gasteiger partial charge in [-0.3, -0.25) is 15.0 Å². The summed E-state index contributed by atoms with van der Waals surface area (Å²) in [5.41, 5.74) is 0. The van der Waals surface area contributed by atoms with E-state index < -0.39 is 61.0 Å². The Morgan fingerprint density at radius 2 is 1.96 bits per heavy atom. The summed E-state index contributed by atoms with van der Waals surface area (Å²) < 4.78 is 45.2. The number of fused-ring (bicyclic) bond motifs is 5. The largest absolute Gasteiger partial charge is 0.390 e. The van der Waals surface area contributed by atoms with E-state index in [0.29, 0.717) is 58.5 Å². The minimum Gasteiger partial charge on any atom is -0.390 e. The number of nitrogens with zero attached hydrogens (tertiary/aromatic N) is 3. The quantitative estimate of drug-likeness (QED) is 0.330. The molecule has 47 heavy (non-hydrogen) atoms. The molecular formula is C34H56F2N6O5. The van der Waals surface area contributed by atoms with E-state index >= 15 is 8.78 Å². The van der Waals surface area contributed by atoms with Crippen LogP contribution in [0.4, 0.5) is 13.6 Å². The Kier molecular flexibility index (Phi) is 10.8. The van der Waals surface area contributed by atoms with E-state index in [1.165, 1.54) is 6.08 Å². The Morgan fingerprint density at radius 3 is 2.66 bits per heavy atom. The number of hydrogen-bond donors (Lipinski definition) is 4. The molecule has 5 heterocycles. The van der Waals surface area contributed by atoms with Gasteiger partial charge < -0.3 is 35.0 Å². The molecule has 0 aromatic heterocycles. The summed E-state index contributed by atoms with van der Waals surface area (Å²) in [7, 11) is 0. The third kappa shape index (κ3) is 6.57. The average Bonchev–Trinajstić information content (AvgIpc) is 3.05. The number of carbonyl (C=O) groups is 2. The highest BCUT2D eigenvalue weighted by atomic mass is 19.1. The van der Waals surface area contributed by atoms with Crippen molar-refractivity contribution >= 4 is 11.9 Å². The van der Waals surface area contributed by atoms with Crippen LogP contribution in [0, 0.1) is 23.7 Å². The zero-order valence-electron chi connectivity index (χ0n) is 28.4. The summed E-state index contributed by atoms with van der Waals surface area (Å²) in [6, 6.07) is -1.82. The van der Waals surface area contributed by atoms with Crippen LogP contribution in [-0.2, 0) is 14.3 Å². The molecule has 13 unspecified atom stereocenters. The number of rotatable bonds is 5. The lowest BCUT2D eigenvalue weighted by molar-refractivity contribution is -0.166. The fourth-order valence-corrected chi connectivity index (χ4v) is 9.79. The van der Waals surface area contributed by atoms with Crippen LogP contribution in [0.25, 0.3) is 0 Å². The predicted molar refractivity (Wildman–Crippen MR) is 173 cm³/mol. The molecule has 2 bridgehead atoms. The molecule has 6 rings (SSSR count). The van der Waals surface area contributed by atoms with E-state index in [4.69, 9.17) is 9.47 Å². The highest BCUT2D eigenvalue weighted by Gasteiger charge is 2.58. The van der Waals surface area contributed by atoms with Gasteiger partial charge in [0.2, 0.25) is 5.91 Å². The van der Waals surface area contributed by atoms with E-state index in [-0.39, 0.29) is 54.8 Å². The van der Waals surface area contributed by atoms with Crippen molar-refractivity contribution in [3.05, 3.63) is 12.7 Å². The summed E-state index contributed by atoms with van der Waals surface area (Å²) in [6.07, 6.45) is -2.21. The van der Waals surface area contributed by atoms with Gasteiger partial charge in [0, 0.05) is 62.1 Å². The topological polar surface area (TPSA) is 119 Å². The minimum atomic E-state index is -1.36. The van der Waals surface area contributed by atoms with Gasteiger partial charge in [0.1, 0.15) is 18.4 Å². The monoisotopic (exact) mass is 666 g/mol. The first-order valence-electron chi connectivity index (χ1n) is 18.0. The Bertz CT molecular complexity index is 1140. The smallest absolute Gasteiger partial charge is 0.320 e. The van der Waals surface area contributed by atoms with Gasteiger partial charge in [-0.25, -0.2) is 13.6 Å². The van der Waals surface area contributed by atoms with Gasteiger partial charge in [-0.15, -0.1) is 0 Å². The molecule has 1 saturated carbocycles. The molecule has 0 aromatic carbocycles. The lowest BCUT2D eigenvalue weighted by Gasteiger charge is -2.60. The third-order valence-corrected chi connectivity index (χ3v) is 12.0. The van der Waals surface area contributed by atoms with E-state index in [0.717, 1.165) is 0 Å². The lowest BCUT2D eigenvalue weighted by atomic mass is 9.71. The number of piperazine rings is 1. The molecular weight excluding hydrogens is 610 g/mol. The predicted octanol–water partition coefficient (Wildman–Crippen LogP) is 2.00. The number of nitrogens with one attached hydrogen (secondary N) is 3. The SMILES string of the molecule is C=CC(=O)N1CCN(C2NC(=O)N3C4NC(C(F)CC42)C2C(F)CCCC2OCC(OCC)C(O)C2CCNC(C(C)C)C23)[C@@H](C)C1. The molecule has 5 saturated heterocycles. The summed E-state index contributed by atoms with van der Waals surface area (Å²) in [5.74, 6) is -1.46. The van der Waals surface area contributed by atoms with Crippen molar-refractivity contribution in [2.24, 2.45) is 23.7 Å². The number of aliphatic hydroxyl groups excluding tert-OH is 1. The molecule has 0 aromatic rings. The second-order valence-electron chi connectivity index (χ2n) is 15.0. The van der Waals surface area contributed by atoms with Crippen molar-refractivity contribution < 1.29 is 33.0 Å². The molecule has 13 heteroatoms. The standard InChI is InChI=1S/C34H56F2N6O5/c1-6-26(43)40-13-14-41(19(5)16-40)32-21-15-23(36)29-27-22(35)9-8-10-24(27)47-17-25(46-7-2)31(44)20-11-12-37-28(18(3)4)30(20)42(33(21)38-29)34(45)39-32/h6,18-25,27-33,37-38,44H,1,7-17H2,2-5H3,(H,39,45)/t19-,20?,21?,22?,23?,24?,25?,27?,28?,29?,30?,31?,32?,33?/m0/s1. The number of hydrogen-bond acceptors (Lipinski definition) is 8. The molecule has 5 aliphatic heterocycles. The van der Waals surface area contributed by atoms with Crippen LogP contribution < -0.4 is 16.0 Å². The van der Waals surface area contributed by atoms with Gasteiger partial charge in [0.25, 0.3) is 0 Å². The molecule has 6 fully saturated rings. The van der Waals surface area contributed by atoms with Gasteiger partial charge >= 0.3 is 6.03 Å². The lowest BCUT2D eigenvalue weighted by Crippen LogP contribution is -2.80. The van der Waals surface area contributed by atoms with Crippen LogP contribution in [0.3, 0.4) is 0 Å². The van der Waals surface area contributed by atoms with Crippen LogP contribution in [0.5, 0.6) is 0 Å². The normalized spacial score (nSPS) is 44.8. The fourth-order valence-electron chi connectivity index (χ4n) is 9.79. The number of piperidine rings is 2. The van der Waals surface area contributed by atoms with Crippen LogP contribution in [0.15, 0.2) is 12.7 Å². The molecule has 11 nitrogen and oxygen atoms in total. The maximum absolute atomic E-state index is 16.7. The van der Waals surface area contributed by atoms with Crippen molar-refractivity contribution in [3.8, 4) is 0 Å². The summed E-state index contributed by atoms with van der Waals surface area (Å²) in [5, 5.41) is 22.6. The van der Waals surface area contributed by atoms with E-state index in [9.17, 15) is 14.7 Å². The molecule has 0 spiro atoms. The molecule has 14 atom stereocenters. The molecule has 1 aliphatic carbocycles. The van der Waals surface area contributed by atoms with Gasteiger partial charge in [-0.1, -0.05) is 20.4 Å². The van der Waals surface area contributed by atoms with E-state index in [1.54, 1.807) is 4.90 Å². The first-order chi connectivity index (χ1) is 22.5. The molecule has 266 valence electrons. The molecule has 4 N–H and O–H groups in total. The Hall–Kier alpha value is -1.90. The molecule has 6 aliphatic rings. The number of carbonyl (C=O) groups excluding carboxylic acids is 2. The van der Waals surface area contributed by atoms with E-state index in [1.807, 2.05) is 18.7 Å². The maximum atomic E-state index is 16.7. The van der Waals surface area contributed by atoms with Crippen LogP contribution in [-0.4, -0.2) is 138 Å². The third-order valence-electron chi connectivity index (χ3n) is 12.0. The number of amides is 3. The fraction of sp³-hybridized carbons (Fsp3) is 0.882. The average molecular weight is 667 g/mol. The van der Waals surface area contributed by atoms with Gasteiger partial charge in [0.05, 0.1) is 37.2 Å². The maximum Gasteiger partial charge on any atom is 0.320 e. The van der Waals surface area contributed by atoms with Crippen molar-refractivity contribution in [2.45, 2.75) is 127 Å². The first-order valence-corrected chi connectivity index (χ1v) is 18.0. The Labute approximate surface area is 278 Å². The highest BCUT2D eigenvalue weighted by Crippen LogP contribution is 2.44. The zero-order chi connectivity index (χ0) is 33.6. The Balaban J connectivity index is 1.42. The van der Waals surface area contributed by atoms with Gasteiger partial charge in [-0.2, -0.15) is 0 Å². The molecule has 3 amide bonds. The summed E-state index contributed by atoms with van der Waals surface area (Å²) >= 11 is 0. The highest BCUT2D eigenvalue weighted by molar-refractivity contribution is 5.87. The van der Waals surface area contributed by atoms with Crippen molar-refractivity contribution in [3.63, 3.8) is 0 Å². The van der Waals surface area contributed by atoms with Crippen LogP contribution in [0.2, 0.25) is 0 Å². The number of urea groups is 1. The van der Waals surface area contributed by atoms with E-state index in [2.05, 4.69) is 41.3 Å². The number of ether oxygens (including phenoxy) is 2. The summed E-state index contributed by atoms with van der Waals surface area (Å²) in [4.78, 5) is 32.8. The molecule has 0 radical (unpaired) electrons. The van der Waals surface area contributed by atoms with Gasteiger partial charge in [0.15, 0.2) is 0 Å².